The van der Waals surface area contributed by atoms with E-state index in [4.69, 9.17) is 4.42 Å². The predicted molar refractivity (Wildman–Crippen MR) is 124 cm³/mol. The second-order valence-corrected chi connectivity index (χ2v) is 8.48. The Balaban J connectivity index is 1.69. The quantitative estimate of drug-likeness (QED) is 0.357. The zero-order valence-electron chi connectivity index (χ0n) is 20.0. The van der Waals surface area contributed by atoms with Crippen molar-refractivity contribution in [1.29, 1.82) is 0 Å². The number of carbonyl (C=O) groups excluding carboxylic acids is 3. The topological polar surface area (TPSA) is 146 Å². The minimum atomic E-state index is -4.78. The number of hydrogen-bond donors (Lipinski definition) is 4. The standard InChI is InChI=1S/C24H24F3N5O5/c1-23(2,36)18(21(35)28-3)32-20(34)17-8-7-16(37-17)14-6-4-5-13(11-14)12-30-19(33)15-9-10-29-22(31-15)24(25,26)27/h4-11,18,36H,12H2,1-3H3,(H,28,35)(H,30,33)(H,32,34)/t18-/m1/s1. The first-order chi connectivity index (χ1) is 17.3. The molecular formula is C24H24F3N5O5. The maximum absolute atomic E-state index is 12.8. The normalized spacial score (nSPS) is 12.5. The van der Waals surface area contributed by atoms with E-state index in [0.29, 0.717) is 16.9 Å². The molecule has 37 heavy (non-hydrogen) atoms. The molecule has 4 N–H and O–H groups in total. The number of rotatable bonds is 8. The molecule has 0 aliphatic carbocycles. The molecule has 2 heterocycles. The molecule has 0 saturated carbocycles. The summed E-state index contributed by atoms with van der Waals surface area (Å²) in [5, 5.41) is 17.5. The number of halogens is 3. The predicted octanol–water partition coefficient (Wildman–Crippen LogP) is 2.30. The van der Waals surface area contributed by atoms with Gasteiger partial charge in [0.05, 0.1) is 5.60 Å². The lowest BCUT2D eigenvalue weighted by atomic mass is 9.98. The Kier molecular flexibility index (Phi) is 7.96. The van der Waals surface area contributed by atoms with Crippen molar-refractivity contribution in [3.8, 4) is 11.3 Å². The second-order valence-electron chi connectivity index (χ2n) is 8.48. The van der Waals surface area contributed by atoms with Crippen molar-refractivity contribution in [2.75, 3.05) is 7.05 Å². The van der Waals surface area contributed by atoms with Gasteiger partial charge in [-0.25, -0.2) is 9.97 Å². The molecule has 0 radical (unpaired) electrons. The van der Waals surface area contributed by atoms with Crippen LogP contribution in [0, 0.1) is 0 Å². The van der Waals surface area contributed by atoms with Crippen molar-refractivity contribution < 1.29 is 37.1 Å². The van der Waals surface area contributed by atoms with Crippen molar-refractivity contribution in [3.05, 3.63) is 71.5 Å². The van der Waals surface area contributed by atoms with E-state index >= 15 is 0 Å². The molecule has 2 aromatic heterocycles. The van der Waals surface area contributed by atoms with Gasteiger partial charge in [0.15, 0.2) is 5.76 Å². The lowest BCUT2D eigenvalue weighted by Crippen LogP contribution is -2.57. The summed E-state index contributed by atoms with van der Waals surface area (Å²) >= 11 is 0. The van der Waals surface area contributed by atoms with Crippen LogP contribution in [0.1, 0.15) is 46.3 Å². The van der Waals surface area contributed by atoms with Crippen LogP contribution in [-0.2, 0) is 17.5 Å². The van der Waals surface area contributed by atoms with Crippen LogP contribution in [0.15, 0.2) is 53.1 Å². The van der Waals surface area contributed by atoms with Crippen LogP contribution in [0.4, 0.5) is 13.2 Å². The van der Waals surface area contributed by atoms with E-state index < -0.39 is 47.1 Å². The van der Waals surface area contributed by atoms with Gasteiger partial charge in [-0.1, -0.05) is 18.2 Å². The molecule has 196 valence electrons. The highest BCUT2D eigenvalue weighted by atomic mass is 19.4. The van der Waals surface area contributed by atoms with Crippen LogP contribution in [0.25, 0.3) is 11.3 Å². The van der Waals surface area contributed by atoms with Crippen LogP contribution in [-0.4, -0.2) is 51.5 Å². The Morgan fingerprint density at radius 3 is 2.46 bits per heavy atom. The van der Waals surface area contributed by atoms with Gasteiger partial charge in [0.2, 0.25) is 11.7 Å². The molecule has 0 fully saturated rings. The van der Waals surface area contributed by atoms with Gasteiger partial charge in [0.1, 0.15) is 17.5 Å². The Morgan fingerprint density at radius 1 is 1.08 bits per heavy atom. The van der Waals surface area contributed by atoms with Crippen LogP contribution >= 0.6 is 0 Å². The molecule has 0 aliphatic heterocycles. The highest BCUT2D eigenvalue weighted by Crippen LogP contribution is 2.26. The highest BCUT2D eigenvalue weighted by molar-refractivity contribution is 5.96. The van der Waals surface area contributed by atoms with Gasteiger partial charge in [-0.2, -0.15) is 13.2 Å². The van der Waals surface area contributed by atoms with Gasteiger partial charge < -0.3 is 25.5 Å². The van der Waals surface area contributed by atoms with Gasteiger partial charge in [0.25, 0.3) is 11.8 Å². The lowest BCUT2D eigenvalue weighted by molar-refractivity contribution is -0.145. The SMILES string of the molecule is CNC(=O)[C@@H](NC(=O)c1ccc(-c2cccc(CNC(=O)c3ccnc(C(F)(F)F)n3)c2)o1)C(C)(C)O. The molecule has 3 aromatic rings. The number of likely N-dealkylation sites (N-methyl/N-ethyl adjacent to an activating group) is 1. The Morgan fingerprint density at radius 2 is 1.81 bits per heavy atom. The molecule has 3 amide bonds. The number of aliphatic hydroxyl groups is 1. The van der Waals surface area contributed by atoms with E-state index in [-0.39, 0.29) is 12.3 Å². The number of nitrogens with one attached hydrogen (secondary N) is 3. The lowest BCUT2D eigenvalue weighted by Gasteiger charge is -2.28. The fourth-order valence-electron chi connectivity index (χ4n) is 3.25. The molecule has 0 saturated heterocycles. The maximum atomic E-state index is 12.8. The Labute approximate surface area is 209 Å². The van der Waals surface area contributed by atoms with E-state index in [9.17, 15) is 32.7 Å². The summed E-state index contributed by atoms with van der Waals surface area (Å²) in [6.07, 6.45) is -3.92. The molecule has 13 heteroatoms. The summed E-state index contributed by atoms with van der Waals surface area (Å²) in [7, 11) is 1.38. The first-order valence-electron chi connectivity index (χ1n) is 10.9. The summed E-state index contributed by atoms with van der Waals surface area (Å²) in [5.74, 6) is -3.32. The van der Waals surface area contributed by atoms with E-state index in [1.54, 1.807) is 24.3 Å². The first kappa shape index (κ1) is 27.3. The molecule has 10 nitrogen and oxygen atoms in total. The first-order valence-corrected chi connectivity index (χ1v) is 10.9. The highest BCUT2D eigenvalue weighted by Gasteiger charge is 2.36. The maximum Gasteiger partial charge on any atom is 0.451 e. The van der Waals surface area contributed by atoms with Crippen molar-refractivity contribution >= 4 is 17.7 Å². The average Bonchev–Trinajstić information content (AvgIpc) is 3.35. The van der Waals surface area contributed by atoms with Crippen molar-refractivity contribution in [3.63, 3.8) is 0 Å². The molecule has 1 atom stereocenters. The molecule has 1 aromatic carbocycles. The summed E-state index contributed by atoms with van der Waals surface area (Å²) in [5.41, 5.74) is -0.816. The summed E-state index contributed by atoms with van der Waals surface area (Å²) in [6.45, 7) is 2.74. The van der Waals surface area contributed by atoms with E-state index in [1.165, 1.54) is 33.0 Å². The molecule has 0 unspecified atom stereocenters. The summed E-state index contributed by atoms with van der Waals surface area (Å²) < 4.78 is 44.0. The third-order valence-corrected chi connectivity index (χ3v) is 5.13. The number of benzene rings is 1. The van der Waals surface area contributed by atoms with E-state index in [0.717, 1.165) is 12.3 Å². The third-order valence-electron chi connectivity index (χ3n) is 5.13. The largest absolute Gasteiger partial charge is 0.451 e. The fraction of sp³-hybridized carbons (Fsp3) is 0.292. The van der Waals surface area contributed by atoms with Crippen LogP contribution in [0.3, 0.4) is 0 Å². The minimum absolute atomic E-state index is 0.0224. The smallest absolute Gasteiger partial charge is 0.451 e. The Bertz CT molecular complexity index is 1300. The second kappa shape index (κ2) is 10.8. The monoisotopic (exact) mass is 519 g/mol. The molecule has 3 rings (SSSR count). The zero-order valence-corrected chi connectivity index (χ0v) is 20.0. The van der Waals surface area contributed by atoms with Gasteiger partial charge in [-0.05, 0) is 43.7 Å². The summed E-state index contributed by atoms with van der Waals surface area (Å²) in [6, 6.07) is 9.47. The van der Waals surface area contributed by atoms with Crippen LogP contribution in [0.2, 0.25) is 0 Å². The fourth-order valence-corrected chi connectivity index (χ4v) is 3.25. The Hall–Kier alpha value is -4.26. The molecule has 0 spiro atoms. The number of furan rings is 1. The van der Waals surface area contributed by atoms with Crippen molar-refractivity contribution in [1.82, 2.24) is 25.9 Å². The number of carbonyl (C=O) groups is 3. The molecular weight excluding hydrogens is 495 g/mol. The van der Waals surface area contributed by atoms with Gasteiger partial charge in [-0.3, -0.25) is 14.4 Å². The molecule has 0 aliphatic rings. The minimum Gasteiger partial charge on any atom is -0.451 e. The van der Waals surface area contributed by atoms with Gasteiger partial charge in [-0.15, -0.1) is 0 Å². The number of nitrogens with zero attached hydrogens (tertiary/aromatic N) is 2. The third kappa shape index (κ3) is 6.91. The van der Waals surface area contributed by atoms with Gasteiger partial charge in [0, 0.05) is 25.4 Å². The summed E-state index contributed by atoms with van der Waals surface area (Å²) in [4.78, 5) is 43.3. The van der Waals surface area contributed by atoms with Crippen LogP contribution < -0.4 is 16.0 Å². The van der Waals surface area contributed by atoms with Crippen molar-refractivity contribution in [2.24, 2.45) is 0 Å². The van der Waals surface area contributed by atoms with Crippen LogP contribution in [0.5, 0.6) is 0 Å². The number of aromatic nitrogens is 2. The number of alkyl halides is 3. The number of hydrogen-bond acceptors (Lipinski definition) is 7. The van der Waals surface area contributed by atoms with E-state index in [2.05, 4.69) is 25.9 Å². The number of amides is 3. The van der Waals surface area contributed by atoms with E-state index in [1.807, 2.05) is 0 Å². The molecule has 0 bridgehead atoms. The van der Waals surface area contributed by atoms with Crippen molar-refractivity contribution in [2.45, 2.75) is 38.2 Å². The van der Waals surface area contributed by atoms with Gasteiger partial charge >= 0.3 is 6.18 Å². The average molecular weight is 519 g/mol. The zero-order chi connectivity index (χ0) is 27.4.